The van der Waals surface area contributed by atoms with Gasteiger partial charge >= 0.3 is 0 Å². The monoisotopic (exact) mass is 179 g/mol. The molecule has 0 spiro atoms. The normalized spacial score (nSPS) is 11.2. The number of rotatable bonds is 2. The van der Waals surface area contributed by atoms with Gasteiger partial charge in [-0.15, -0.1) is 5.10 Å². The third-order valence-corrected chi connectivity index (χ3v) is 1.64. The van der Waals surface area contributed by atoms with Gasteiger partial charge in [0.1, 0.15) is 0 Å². The van der Waals surface area contributed by atoms with E-state index in [2.05, 4.69) is 21.6 Å². The molecule has 0 unspecified atom stereocenters. The van der Waals surface area contributed by atoms with E-state index in [4.69, 9.17) is 5.26 Å². The number of aromatic nitrogens is 4. The largest absolute Gasteiger partial charge is 0.228 e. The van der Waals surface area contributed by atoms with E-state index in [-0.39, 0.29) is 5.41 Å². The van der Waals surface area contributed by atoms with Crippen molar-refractivity contribution in [2.75, 3.05) is 0 Å². The summed E-state index contributed by atoms with van der Waals surface area (Å²) in [6.07, 6.45) is 0.439. The van der Waals surface area contributed by atoms with E-state index in [9.17, 15) is 0 Å². The van der Waals surface area contributed by atoms with Gasteiger partial charge in [0, 0.05) is 5.41 Å². The Morgan fingerprint density at radius 3 is 2.69 bits per heavy atom. The molecule has 0 N–H and O–H groups in total. The fraction of sp³-hybridized carbons (Fsp3) is 0.750. The standard InChI is InChI=1S/C8H13N5/c1-8(2,3)7-10-11-12-13(7)6-4-5-9/h4,6H2,1-3H3. The minimum absolute atomic E-state index is 0.0705. The van der Waals surface area contributed by atoms with Gasteiger partial charge in [-0.3, -0.25) is 0 Å². The first-order chi connectivity index (χ1) is 6.05. The highest BCUT2D eigenvalue weighted by molar-refractivity contribution is 4.98. The summed E-state index contributed by atoms with van der Waals surface area (Å²) in [5.41, 5.74) is -0.0705. The Hall–Kier alpha value is -1.44. The predicted octanol–water partition coefficient (Wildman–Crippen LogP) is 0.884. The molecule has 0 saturated carbocycles. The molecule has 1 aromatic heterocycles. The minimum atomic E-state index is -0.0705. The molecular formula is C8H13N5. The highest BCUT2D eigenvalue weighted by Crippen LogP contribution is 2.18. The molecule has 0 aliphatic rings. The first-order valence-corrected chi connectivity index (χ1v) is 4.19. The van der Waals surface area contributed by atoms with Crippen molar-refractivity contribution in [1.29, 1.82) is 5.26 Å². The van der Waals surface area contributed by atoms with Crippen molar-refractivity contribution in [1.82, 2.24) is 20.2 Å². The van der Waals surface area contributed by atoms with Crippen LogP contribution >= 0.6 is 0 Å². The van der Waals surface area contributed by atoms with E-state index in [0.717, 1.165) is 5.82 Å². The first kappa shape index (κ1) is 9.65. The minimum Gasteiger partial charge on any atom is -0.228 e. The molecule has 0 atom stereocenters. The third kappa shape index (κ3) is 2.25. The van der Waals surface area contributed by atoms with Crippen LogP contribution in [0.4, 0.5) is 0 Å². The summed E-state index contributed by atoms with van der Waals surface area (Å²) >= 11 is 0. The van der Waals surface area contributed by atoms with E-state index < -0.39 is 0 Å². The molecule has 0 aromatic carbocycles. The van der Waals surface area contributed by atoms with E-state index in [1.165, 1.54) is 0 Å². The molecule has 5 nitrogen and oxygen atoms in total. The topological polar surface area (TPSA) is 67.4 Å². The molecule has 13 heavy (non-hydrogen) atoms. The lowest BCUT2D eigenvalue weighted by molar-refractivity contribution is 0.475. The number of hydrogen-bond donors (Lipinski definition) is 0. The van der Waals surface area contributed by atoms with Crippen LogP contribution in [-0.4, -0.2) is 20.2 Å². The van der Waals surface area contributed by atoms with Gasteiger partial charge in [-0.2, -0.15) is 5.26 Å². The van der Waals surface area contributed by atoms with Gasteiger partial charge in [-0.05, 0) is 10.4 Å². The lowest BCUT2D eigenvalue weighted by atomic mass is 9.96. The van der Waals surface area contributed by atoms with Crippen LogP contribution in [0.15, 0.2) is 0 Å². The second kappa shape index (κ2) is 3.52. The van der Waals surface area contributed by atoms with E-state index in [1.54, 1.807) is 4.68 Å². The maximum Gasteiger partial charge on any atom is 0.156 e. The molecule has 70 valence electrons. The highest BCUT2D eigenvalue weighted by Gasteiger charge is 2.21. The van der Waals surface area contributed by atoms with Crippen molar-refractivity contribution in [3.63, 3.8) is 0 Å². The van der Waals surface area contributed by atoms with Crippen LogP contribution in [-0.2, 0) is 12.0 Å². The van der Waals surface area contributed by atoms with Crippen molar-refractivity contribution in [3.8, 4) is 6.07 Å². The molecule has 1 aromatic rings. The molecule has 0 bridgehead atoms. The van der Waals surface area contributed by atoms with E-state index in [0.29, 0.717) is 13.0 Å². The summed E-state index contributed by atoms with van der Waals surface area (Å²) in [6, 6.07) is 2.07. The van der Waals surface area contributed by atoms with Gasteiger partial charge in [-0.25, -0.2) is 4.68 Å². The van der Waals surface area contributed by atoms with Crippen LogP contribution in [0.5, 0.6) is 0 Å². The van der Waals surface area contributed by atoms with Crippen LogP contribution in [0, 0.1) is 11.3 Å². The molecular weight excluding hydrogens is 166 g/mol. The van der Waals surface area contributed by atoms with Crippen LogP contribution in [0.2, 0.25) is 0 Å². The van der Waals surface area contributed by atoms with Gasteiger partial charge < -0.3 is 0 Å². The molecule has 0 aliphatic carbocycles. The predicted molar refractivity (Wildman–Crippen MR) is 46.7 cm³/mol. The van der Waals surface area contributed by atoms with Gasteiger partial charge in [0.15, 0.2) is 5.82 Å². The zero-order valence-corrected chi connectivity index (χ0v) is 8.15. The Morgan fingerprint density at radius 1 is 1.46 bits per heavy atom. The first-order valence-electron chi connectivity index (χ1n) is 4.19. The number of hydrogen-bond acceptors (Lipinski definition) is 4. The Morgan fingerprint density at radius 2 is 2.15 bits per heavy atom. The van der Waals surface area contributed by atoms with Crippen molar-refractivity contribution in [3.05, 3.63) is 5.82 Å². The highest BCUT2D eigenvalue weighted by atomic mass is 15.5. The summed E-state index contributed by atoms with van der Waals surface area (Å²) in [5, 5.41) is 19.8. The average Bonchev–Trinajstić information content (AvgIpc) is 2.47. The molecule has 0 radical (unpaired) electrons. The molecule has 1 heterocycles. The molecule has 0 fully saturated rings. The Balaban J connectivity index is 2.85. The third-order valence-electron chi connectivity index (χ3n) is 1.64. The van der Waals surface area contributed by atoms with Crippen LogP contribution < -0.4 is 0 Å². The van der Waals surface area contributed by atoms with Gasteiger partial charge in [0.25, 0.3) is 0 Å². The van der Waals surface area contributed by atoms with Crippen LogP contribution in [0.3, 0.4) is 0 Å². The SMILES string of the molecule is CC(C)(C)c1nnnn1CCC#N. The second-order valence-corrected chi connectivity index (χ2v) is 3.88. The smallest absolute Gasteiger partial charge is 0.156 e. The fourth-order valence-corrected chi connectivity index (χ4v) is 1.05. The maximum atomic E-state index is 8.43. The summed E-state index contributed by atoms with van der Waals surface area (Å²) in [4.78, 5) is 0. The second-order valence-electron chi connectivity index (χ2n) is 3.88. The van der Waals surface area contributed by atoms with Crippen molar-refractivity contribution in [2.45, 2.75) is 39.2 Å². The quantitative estimate of drug-likeness (QED) is 0.676. The Labute approximate surface area is 77.4 Å². The van der Waals surface area contributed by atoms with Gasteiger partial charge in [0.05, 0.1) is 19.0 Å². The summed E-state index contributed by atoms with van der Waals surface area (Å²) in [6.45, 7) is 6.70. The molecule has 5 heteroatoms. The molecule has 0 amide bonds. The average molecular weight is 179 g/mol. The van der Waals surface area contributed by atoms with Gasteiger partial charge in [-0.1, -0.05) is 20.8 Å². The number of tetrazole rings is 1. The Kier molecular flexibility index (Phi) is 2.61. The summed E-state index contributed by atoms with van der Waals surface area (Å²) in [5.74, 6) is 0.822. The van der Waals surface area contributed by atoms with E-state index in [1.807, 2.05) is 20.8 Å². The number of nitriles is 1. The van der Waals surface area contributed by atoms with Crippen molar-refractivity contribution in [2.24, 2.45) is 0 Å². The zero-order valence-electron chi connectivity index (χ0n) is 8.15. The molecule has 1 rings (SSSR count). The molecule has 0 aliphatic heterocycles. The number of aryl methyl sites for hydroxylation is 1. The van der Waals surface area contributed by atoms with E-state index >= 15 is 0 Å². The van der Waals surface area contributed by atoms with Crippen molar-refractivity contribution >= 4 is 0 Å². The lowest BCUT2D eigenvalue weighted by Gasteiger charge is -2.16. The summed E-state index contributed by atoms with van der Waals surface area (Å²) < 4.78 is 1.68. The summed E-state index contributed by atoms with van der Waals surface area (Å²) in [7, 11) is 0. The zero-order chi connectivity index (χ0) is 9.90. The molecule has 0 saturated heterocycles. The lowest BCUT2D eigenvalue weighted by Crippen LogP contribution is -2.19. The van der Waals surface area contributed by atoms with Gasteiger partial charge in [0.2, 0.25) is 0 Å². The Bertz CT molecular complexity index is 314. The maximum absolute atomic E-state index is 8.43. The number of nitrogens with zero attached hydrogens (tertiary/aromatic N) is 5. The van der Waals surface area contributed by atoms with Crippen LogP contribution in [0.1, 0.15) is 33.0 Å². The fourth-order valence-electron chi connectivity index (χ4n) is 1.05. The van der Waals surface area contributed by atoms with Crippen LogP contribution in [0.25, 0.3) is 0 Å². The van der Waals surface area contributed by atoms with Crippen molar-refractivity contribution < 1.29 is 0 Å².